The van der Waals surface area contributed by atoms with Gasteiger partial charge in [-0.1, -0.05) is 84.9 Å². The second-order valence-electron chi connectivity index (χ2n) is 7.24. The number of aromatic hydroxyl groups is 1. The molecule has 134 valence electrons. The van der Waals surface area contributed by atoms with Crippen molar-refractivity contribution in [2.24, 2.45) is 0 Å². The summed E-state index contributed by atoms with van der Waals surface area (Å²) in [5.41, 5.74) is 2.91. The summed E-state index contributed by atoms with van der Waals surface area (Å²) < 4.78 is -0.182. The molecule has 0 aromatic heterocycles. The first-order valence-electron chi connectivity index (χ1n) is 9.14. The molecule has 0 bridgehead atoms. The van der Waals surface area contributed by atoms with E-state index < -0.39 is 11.5 Å². The summed E-state index contributed by atoms with van der Waals surface area (Å²) in [6.07, 6.45) is 3.49. The molecule has 5 rings (SSSR count). The van der Waals surface area contributed by atoms with Gasteiger partial charge in [-0.15, -0.1) is 11.8 Å². The predicted octanol–water partition coefficient (Wildman–Crippen LogP) is 4.62. The Balaban J connectivity index is 1.73. The molecule has 1 aliphatic carbocycles. The van der Waals surface area contributed by atoms with E-state index in [0.717, 1.165) is 16.7 Å². The summed E-state index contributed by atoms with van der Waals surface area (Å²) in [5, 5.41) is 21.2. The number of thioether (sulfide) groups is 1. The summed E-state index contributed by atoms with van der Waals surface area (Å²) >= 11 is 1.88. The fourth-order valence-corrected chi connectivity index (χ4v) is 6.29. The van der Waals surface area contributed by atoms with Crippen molar-refractivity contribution in [1.29, 1.82) is 0 Å². The maximum Gasteiger partial charge on any atom is 0.115 e. The lowest BCUT2D eigenvalue weighted by Gasteiger charge is -2.41. The summed E-state index contributed by atoms with van der Waals surface area (Å²) in [6, 6.07) is 28.1. The molecule has 1 aliphatic heterocycles. The van der Waals surface area contributed by atoms with E-state index in [4.69, 9.17) is 0 Å². The topological polar surface area (TPSA) is 40.5 Å². The minimum atomic E-state index is -0.604. The number of fused-ring (bicyclic) bond motifs is 1. The second kappa shape index (κ2) is 6.01. The lowest BCUT2D eigenvalue weighted by molar-refractivity contribution is 0.138. The number of aliphatic hydroxyl groups is 1. The van der Waals surface area contributed by atoms with Crippen LogP contribution in [-0.4, -0.2) is 21.6 Å². The smallest absolute Gasteiger partial charge is 0.115 e. The number of hydrogen-bond acceptors (Lipinski definition) is 3. The van der Waals surface area contributed by atoms with Crippen molar-refractivity contribution in [3.05, 3.63) is 114 Å². The van der Waals surface area contributed by atoms with E-state index in [9.17, 15) is 10.2 Å². The third-order valence-electron chi connectivity index (χ3n) is 5.87. The standard InChI is InChI=1S/C24H20O2S/c25-20-13-11-17(12-14-20)23-16-15-21(26)24(22(23)27-23,18-7-3-1-4-8-18)19-9-5-2-6-10-19/h1-16,21-22,25-26H. The van der Waals surface area contributed by atoms with Crippen LogP contribution in [0.3, 0.4) is 0 Å². The summed E-state index contributed by atoms with van der Waals surface area (Å²) in [6.45, 7) is 0. The van der Waals surface area contributed by atoms with Gasteiger partial charge >= 0.3 is 0 Å². The maximum atomic E-state index is 11.3. The third-order valence-corrected chi connectivity index (χ3v) is 7.60. The minimum absolute atomic E-state index is 0.180. The van der Waals surface area contributed by atoms with Gasteiger partial charge in [0.15, 0.2) is 0 Å². The zero-order valence-electron chi connectivity index (χ0n) is 14.7. The zero-order valence-corrected chi connectivity index (χ0v) is 15.5. The van der Waals surface area contributed by atoms with Crippen LogP contribution in [0.15, 0.2) is 97.1 Å². The fourth-order valence-electron chi connectivity index (χ4n) is 4.54. The van der Waals surface area contributed by atoms with Crippen molar-refractivity contribution in [3.63, 3.8) is 0 Å². The molecule has 0 radical (unpaired) electrons. The van der Waals surface area contributed by atoms with Gasteiger partial charge in [-0.05, 0) is 28.8 Å². The van der Waals surface area contributed by atoms with E-state index in [0.29, 0.717) is 0 Å². The average Bonchev–Trinajstić information content (AvgIpc) is 3.46. The number of phenolic OH excluding ortho intramolecular Hbond substituents is 1. The summed E-state index contributed by atoms with van der Waals surface area (Å²) in [5.74, 6) is 0.273. The van der Waals surface area contributed by atoms with Crippen molar-refractivity contribution >= 4 is 11.8 Å². The van der Waals surface area contributed by atoms with Gasteiger partial charge < -0.3 is 10.2 Å². The molecule has 0 saturated carbocycles. The van der Waals surface area contributed by atoms with Gasteiger partial charge in [0.25, 0.3) is 0 Å². The summed E-state index contributed by atoms with van der Waals surface area (Å²) in [7, 11) is 0. The SMILES string of the molecule is Oc1ccc(C23C=CC(O)C(c4ccccc4)(c4ccccc4)C2S3)cc1. The highest BCUT2D eigenvalue weighted by Gasteiger charge is 2.69. The van der Waals surface area contributed by atoms with E-state index in [2.05, 4.69) is 30.3 Å². The van der Waals surface area contributed by atoms with Gasteiger partial charge in [-0.3, -0.25) is 0 Å². The Hall–Kier alpha value is -2.49. The first-order valence-corrected chi connectivity index (χ1v) is 10.0. The molecular formula is C24H20O2S. The van der Waals surface area contributed by atoms with Crippen LogP contribution in [0.4, 0.5) is 0 Å². The molecule has 3 aromatic rings. The maximum absolute atomic E-state index is 11.3. The van der Waals surface area contributed by atoms with E-state index in [1.54, 1.807) is 12.1 Å². The lowest BCUT2D eigenvalue weighted by Crippen LogP contribution is -2.48. The fraction of sp³-hybridized carbons (Fsp3) is 0.167. The minimum Gasteiger partial charge on any atom is -0.508 e. The molecular weight excluding hydrogens is 352 g/mol. The van der Waals surface area contributed by atoms with Crippen molar-refractivity contribution in [2.45, 2.75) is 21.5 Å². The summed E-state index contributed by atoms with van der Waals surface area (Å²) in [4.78, 5) is 0. The Morgan fingerprint density at radius 2 is 1.26 bits per heavy atom. The van der Waals surface area contributed by atoms with Crippen molar-refractivity contribution in [3.8, 4) is 5.75 Å². The first kappa shape index (κ1) is 16.7. The molecule has 1 heterocycles. The highest BCUT2D eigenvalue weighted by atomic mass is 32.2. The number of benzene rings is 3. The van der Waals surface area contributed by atoms with Gasteiger partial charge in [-0.25, -0.2) is 0 Å². The highest BCUT2D eigenvalue weighted by molar-refractivity contribution is 8.08. The first-order chi connectivity index (χ1) is 13.2. The molecule has 3 heteroatoms. The van der Waals surface area contributed by atoms with Crippen LogP contribution in [0.1, 0.15) is 16.7 Å². The quantitative estimate of drug-likeness (QED) is 0.521. The highest BCUT2D eigenvalue weighted by Crippen LogP contribution is 2.72. The number of rotatable bonds is 3. The van der Waals surface area contributed by atoms with Crippen LogP contribution in [0.5, 0.6) is 5.75 Å². The molecule has 2 N–H and O–H groups in total. The predicted molar refractivity (Wildman–Crippen MR) is 110 cm³/mol. The van der Waals surface area contributed by atoms with Crippen LogP contribution < -0.4 is 0 Å². The second-order valence-corrected chi connectivity index (χ2v) is 8.63. The number of hydrogen-bond donors (Lipinski definition) is 2. The van der Waals surface area contributed by atoms with Gasteiger partial charge in [0, 0.05) is 5.25 Å². The van der Waals surface area contributed by atoms with E-state index >= 15 is 0 Å². The van der Waals surface area contributed by atoms with Crippen molar-refractivity contribution < 1.29 is 10.2 Å². The van der Waals surface area contributed by atoms with Crippen LogP contribution in [0.2, 0.25) is 0 Å². The molecule has 3 aromatic carbocycles. The Morgan fingerprint density at radius 1 is 0.704 bits per heavy atom. The van der Waals surface area contributed by atoms with Crippen LogP contribution in [0, 0.1) is 0 Å². The number of aliphatic hydroxyl groups excluding tert-OH is 1. The van der Waals surface area contributed by atoms with Crippen molar-refractivity contribution in [1.82, 2.24) is 0 Å². The Kier molecular flexibility index (Phi) is 3.71. The van der Waals surface area contributed by atoms with Gasteiger partial charge in [0.05, 0.1) is 16.3 Å². The Labute approximate surface area is 163 Å². The third kappa shape index (κ3) is 2.32. The molecule has 2 nitrogen and oxygen atoms in total. The molecule has 27 heavy (non-hydrogen) atoms. The molecule has 3 unspecified atom stereocenters. The zero-order chi connectivity index (χ0) is 18.5. The molecule has 2 aliphatic rings. The van der Waals surface area contributed by atoms with E-state index in [1.165, 1.54) is 0 Å². The van der Waals surface area contributed by atoms with E-state index in [-0.39, 0.29) is 15.7 Å². The van der Waals surface area contributed by atoms with Gasteiger partial charge in [0.1, 0.15) is 5.75 Å². The average molecular weight is 372 g/mol. The Morgan fingerprint density at radius 3 is 1.81 bits per heavy atom. The monoisotopic (exact) mass is 372 g/mol. The Bertz CT molecular complexity index is 942. The van der Waals surface area contributed by atoms with Gasteiger partial charge in [-0.2, -0.15) is 0 Å². The molecule has 0 amide bonds. The van der Waals surface area contributed by atoms with Crippen molar-refractivity contribution in [2.75, 3.05) is 0 Å². The van der Waals surface area contributed by atoms with Crippen LogP contribution in [-0.2, 0) is 10.2 Å². The lowest BCUT2D eigenvalue weighted by atomic mass is 9.62. The normalized spacial score (nSPS) is 27.7. The molecule has 1 fully saturated rings. The molecule has 0 spiro atoms. The van der Waals surface area contributed by atoms with E-state index in [1.807, 2.05) is 66.4 Å². The van der Waals surface area contributed by atoms with Crippen LogP contribution in [0.25, 0.3) is 0 Å². The van der Waals surface area contributed by atoms with Gasteiger partial charge in [0.2, 0.25) is 0 Å². The largest absolute Gasteiger partial charge is 0.508 e. The molecule has 1 saturated heterocycles. The number of phenols is 1. The van der Waals surface area contributed by atoms with Crippen LogP contribution >= 0.6 is 11.8 Å². The molecule has 3 atom stereocenters.